The molecule has 0 aliphatic rings. The highest BCUT2D eigenvalue weighted by molar-refractivity contribution is 5.28. The van der Waals surface area contributed by atoms with Crippen molar-refractivity contribution in [2.45, 2.75) is 33.1 Å². The second-order valence-corrected chi connectivity index (χ2v) is 3.90. The van der Waals surface area contributed by atoms with Gasteiger partial charge in [0, 0.05) is 18.8 Å². The fourth-order valence-electron chi connectivity index (χ4n) is 1.65. The Labute approximate surface area is 106 Å². The van der Waals surface area contributed by atoms with Gasteiger partial charge in [0.15, 0.2) is 17.9 Å². The van der Waals surface area contributed by atoms with Crippen molar-refractivity contribution in [3.8, 4) is 0 Å². The first-order chi connectivity index (χ1) is 8.52. The number of rotatable bonds is 6. The zero-order valence-electron chi connectivity index (χ0n) is 10.9. The molecule has 1 aromatic carbocycles. The molecule has 0 saturated carbocycles. The Balaban J connectivity index is 3.00. The average Bonchev–Trinajstić information content (AvgIpc) is 2.35. The fraction of sp³-hybridized carbons (Fsp3) is 0.538. The number of hydrogen-bond donors (Lipinski definition) is 1. The predicted octanol–water partition coefficient (Wildman–Crippen LogP) is 2.67. The molecular weight excluding hydrogens is 240 g/mol. The highest BCUT2D eigenvalue weighted by atomic mass is 19.2. The van der Waals surface area contributed by atoms with Crippen molar-refractivity contribution in [3.63, 3.8) is 0 Å². The van der Waals surface area contributed by atoms with E-state index in [9.17, 15) is 8.78 Å². The minimum absolute atomic E-state index is 0.0602. The molecule has 1 rings (SSSR count). The van der Waals surface area contributed by atoms with Crippen LogP contribution in [0.3, 0.4) is 0 Å². The molecule has 1 atom stereocenters. The Morgan fingerprint density at radius 3 is 2.17 bits per heavy atom. The minimum atomic E-state index is -0.938. The first kappa shape index (κ1) is 15.0. The van der Waals surface area contributed by atoms with E-state index in [0.717, 1.165) is 0 Å². The summed E-state index contributed by atoms with van der Waals surface area (Å²) in [5, 5.41) is 0. The molecule has 3 nitrogen and oxygen atoms in total. The fourth-order valence-corrected chi connectivity index (χ4v) is 1.65. The lowest BCUT2D eigenvalue weighted by Crippen LogP contribution is -2.32. The van der Waals surface area contributed by atoms with Gasteiger partial charge in [0.05, 0.1) is 6.04 Å². The van der Waals surface area contributed by atoms with Crippen LogP contribution in [0.25, 0.3) is 0 Å². The van der Waals surface area contributed by atoms with Crippen molar-refractivity contribution in [3.05, 3.63) is 34.9 Å². The van der Waals surface area contributed by atoms with Gasteiger partial charge in [-0.1, -0.05) is 12.1 Å². The minimum Gasteiger partial charge on any atom is -0.351 e. The average molecular weight is 259 g/mol. The molecule has 0 aliphatic heterocycles. The van der Waals surface area contributed by atoms with E-state index in [0.29, 0.717) is 13.2 Å². The Hall–Kier alpha value is -1.04. The zero-order valence-corrected chi connectivity index (χ0v) is 10.9. The Kier molecular flexibility index (Phi) is 5.65. The molecule has 0 saturated heterocycles. The molecule has 18 heavy (non-hydrogen) atoms. The van der Waals surface area contributed by atoms with E-state index in [4.69, 9.17) is 15.2 Å². The molecule has 0 fully saturated rings. The number of ether oxygens (including phenoxy) is 2. The standard InChI is InChI=1S/C13H19F2NO2/c1-4-17-13(18-5-2)12(16)9-7-6-8(3)10(14)11(9)15/h6-7,12-13H,4-5,16H2,1-3H3. The number of aryl methyl sites for hydroxylation is 1. The van der Waals surface area contributed by atoms with Gasteiger partial charge in [0.1, 0.15) is 0 Å². The van der Waals surface area contributed by atoms with Gasteiger partial charge in [-0.05, 0) is 26.3 Å². The third-order valence-corrected chi connectivity index (χ3v) is 2.62. The lowest BCUT2D eigenvalue weighted by Gasteiger charge is -2.24. The summed E-state index contributed by atoms with van der Waals surface area (Å²) >= 11 is 0. The second kappa shape index (κ2) is 6.78. The van der Waals surface area contributed by atoms with Crippen LogP contribution in [0.1, 0.15) is 31.0 Å². The maximum atomic E-state index is 13.8. The van der Waals surface area contributed by atoms with Gasteiger partial charge in [-0.2, -0.15) is 0 Å². The molecule has 5 heteroatoms. The van der Waals surface area contributed by atoms with E-state index in [2.05, 4.69) is 0 Å². The van der Waals surface area contributed by atoms with E-state index in [1.165, 1.54) is 19.1 Å². The SMILES string of the molecule is CCOC(OCC)C(N)c1ccc(C)c(F)c1F. The smallest absolute Gasteiger partial charge is 0.176 e. The molecule has 0 heterocycles. The molecule has 102 valence electrons. The van der Waals surface area contributed by atoms with Crippen LogP contribution in [0.4, 0.5) is 8.78 Å². The van der Waals surface area contributed by atoms with E-state index in [-0.39, 0.29) is 11.1 Å². The maximum absolute atomic E-state index is 13.8. The van der Waals surface area contributed by atoms with Crippen LogP contribution in [0.2, 0.25) is 0 Å². The number of hydrogen-bond acceptors (Lipinski definition) is 3. The maximum Gasteiger partial charge on any atom is 0.176 e. The quantitative estimate of drug-likeness (QED) is 0.799. The normalized spacial score (nSPS) is 13.1. The summed E-state index contributed by atoms with van der Waals surface area (Å²) < 4.78 is 37.8. The molecular formula is C13H19F2NO2. The van der Waals surface area contributed by atoms with Gasteiger partial charge in [0.2, 0.25) is 0 Å². The Morgan fingerprint density at radius 1 is 1.11 bits per heavy atom. The summed E-state index contributed by atoms with van der Waals surface area (Å²) in [5.74, 6) is -1.82. The highest BCUT2D eigenvalue weighted by Gasteiger charge is 2.25. The molecule has 0 amide bonds. The molecule has 1 aromatic rings. The van der Waals surface area contributed by atoms with Crippen molar-refractivity contribution in [1.29, 1.82) is 0 Å². The zero-order chi connectivity index (χ0) is 13.7. The van der Waals surface area contributed by atoms with Gasteiger partial charge in [-0.25, -0.2) is 8.78 Å². The molecule has 2 N–H and O–H groups in total. The van der Waals surface area contributed by atoms with Gasteiger partial charge in [-0.15, -0.1) is 0 Å². The van der Waals surface area contributed by atoms with Crippen molar-refractivity contribution < 1.29 is 18.3 Å². The first-order valence-corrected chi connectivity index (χ1v) is 5.96. The molecule has 0 bridgehead atoms. The highest BCUT2D eigenvalue weighted by Crippen LogP contribution is 2.24. The van der Waals surface area contributed by atoms with Crippen LogP contribution < -0.4 is 5.73 Å². The van der Waals surface area contributed by atoms with Crippen molar-refractivity contribution in [1.82, 2.24) is 0 Å². The Bertz CT molecular complexity index is 393. The summed E-state index contributed by atoms with van der Waals surface area (Å²) in [6.07, 6.45) is -0.781. The van der Waals surface area contributed by atoms with E-state index in [1.54, 1.807) is 13.8 Å². The monoisotopic (exact) mass is 259 g/mol. The van der Waals surface area contributed by atoms with Gasteiger partial charge >= 0.3 is 0 Å². The van der Waals surface area contributed by atoms with Crippen LogP contribution in [0.5, 0.6) is 0 Å². The summed E-state index contributed by atoms with van der Waals surface area (Å²) in [5.41, 5.74) is 6.18. The van der Waals surface area contributed by atoms with Gasteiger partial charge in [0.25, 0.3) is 0 Å². The van der Waals surface area contributed by atoms with E-state index in [1.807, 2.05) is 0 Å². The summed E-state index contributed by atoms with van der Waals surface area (Å²) in [4.78, 5) is 0. The van der Waals surface area contributed by atoms with Crippen LogP contribution in [-0.2, 0) is 9.47 Å². The number of halogens is 2. The van der Waals surface area contributed by atoms with E-state index < -0.39 is 24.0 Å². The first-order valence-electron chi connectivity index (χ1n) is 5.96. The molecule has 0 radical (unpaired) electrons. The van der Waals surface area contributed by atoms with Crippen LogP contribution in [0, 0.1) is 18.6 Å². The van der Waals surface area contributed by atoms with Crippen LogP contribution >= 0.6 is 0 Å². The Morgan fingerprint density at radius 2 is 1.67 bits per heavy atom. The number of benzene rings is 1. The predicted molar refractivity (Wildman–Crippen MR) is 65.1 cm³/mol. The molecule has 1 unspecified atom stereocenters. The van der Waals surface area contributed by atoms with Crippen molar-refractivity contribution in [2.24, 2.45) is 5.73 Å². The lowest BCUT2D eigenvalue weighted by molar-refractivity contribution is -0.149. The molecule has 0 aliphatic carbocycles. The molecule has 0 spiro atoms. The van der Waals surface area contributed by atoms with E-state index >= 15 is 0 Å². The molecule has 0 aromatic heterocycles. The second-order valence-electron chi connectivity index (χ2n) is 3.90. The summed E-state index contributed by atoms with van der Waals surface area (Å²) in [6, 6.07) is 2.09. The van der Waals surface area contributed by atoms with Crippen LogP contribution in [-0.4, -0.2) is 19.5 Å². The third-order valence-electron chi connectivity index (χ3n) is 2.62. The third kappa shape index (κ3) is 3.25. The largest absolute Gasteiger partial charge is 0.351 e. The summed E-state index contributed by atoms with van der Waals surface area (Å²) in [6.45, 7) is 5.83. The van der Waals surface area contributed by atoms with Crippen molar-refractivity contribution in [2.75, 3.05) is 13.2 Å². The van der Waals surface area contributed by atoms with Gasteiger partial charge in [-0.3, -0.25) is 0 Å². The van der Waals surface area contributed by atoms with Crippen molar-refractivity contribution >= 4 is 0 Å². The van der Waals surface area contributed by atoms with Crippen LogP contribution in [0.15, 0.2) is 12.1 Å². The topological polar surface area (TPSA) is 44.5 Å². The van der Waals surface area contributed by atoms with Gasteiger partial charge < -0.3 is 15.2 Å². The number of nitrogens with two attached hydrogens (primary N) is 1. The lowest BCUT2D eigenvalue weighted by atomic mass is 10.0. The summed E-state index contributed by atoms with van der Waals surface area (Å²) in [7, 11) is 0.